The van der Waals surface area contributed by atoms with E-state index in [-0.39, 0.29) is 0 Å². The van der Waals surface area contributed by atoms with Crippen molar-refractivity contribution in [2.75, 3.05) is 7.05 Å². The highest BCUT2D eigenvalue weighted by molar-refractivity contribution is 4.76. The minimum atomic E-state index is 0.440. The van der Waals surface area contributed by atoms with Gasteiger partial charge in [0.25, 0.3) is 0 Å². The van der Waals surface area contributed by atoms with Crippen molar-refractivity contribution < 1.29 is 0 Å². The zero-order valence-corrected chi connectivity index (χ0v) is 6.39. The van der Waals surface area contributed by atoms with Crippen LogP contribution in [-0.4, -0.2) is 18.0 Å². The van der Waals surface area contributed by atoms with E-state index in [0.717, 1.165) is 12.8 Å². The van der Waals surface area contributed by atoms with Crippen molar-refractivity contribution in [1.29, 1.82) is 5.26 Å². The van der Waals surface area contributed by atoms with Crippen molar-refractivity contribution in [3.63, 3.8) is 0 Å². The summed E-state index contributed by atoms with van der Waals surface area (Å²) in [5.74, 6) is 0. The molecule has 0 N–H and O–H groups in total. The molecule has 0 aliphatic heterocycles. The molecule has 0 aliphatic rings. The van der Waals surface area contributed by atoms with Crippen LogP contribution >= 0.6 is 0 Å². The Morgan fingerprint density at radius 1 is 1.44 bits per heavy atom. The summed E-state index contributed by atoms with van der Waals surface area (Å²) in [7, 11) is 1.83. The van der Waals surface area contributed by atoms with Gasteiger partial charge in [-0.3, -0.25) is 0 Å². The average Bonchev–Trinajstić information content (AvgIpc) is 1.90. The molecule has 0 unspecified atom stereocenters. The highest BCUT2D eigenvalue weighted by atomic mass is 15.1. The van der Waals surface area contributed by atoms with Crippen LogP contribution in [0.2, 0.25) is 0 Å². The monoisotopic (exact) mass is 126 g/mol. The molecule has 0 saturated carbocycles. The topological polar surface area (TPSA) is 27.0 Å². The maximum Gasteiger partial charge on any atom is 0.179 e. The first kappa shape index (κ1) is 8.29. The van der Waals surface area contributed by atoms with Crippen molar-refractivity contribution in [2.24, 2.45) is 0 Å². The van der Waals surface area contributed by atoms with Gasteiger partial charge in [0.15, 0.2) is 6.19 Å². The lowest BCUT2D eigenvalue weighted by Crippen LogP contribution is -2.25. The second-order valence-electron chi connectivity index (χ2n) is 2.18. The normalized spacial score (nSPS) is 9.22. The van der Waals surface area contributed by atoms with E-state index in [2.05, 4.69) is 20.0 Å². The first-order valence-corrected chi connectivity index (χ1v) is 3.38. The molecule has 0 amide bonds. The fraction of sp³-hybridized carbons (Fsp3) is 0.857. The second kappa shape index (κ2) is 4.20. The number of hydrogen-bond acceptors (Lipinski definition) is 2. The largest absolute Gasteiger partial charge is 0.311 e. The Balaban J connectivity index is 3.67. The lowest BCUT2D eigenvalue weighted by atomic mass is 10.1. The molecule has 9 heavy (non-hydrogen) atoms. The third-order valence-corrected chi connectivity index (χ3v) is 1.65. The molecule has 0 saturated heterocycles. The zero-order valence-electron chi connectivity index (χ0n) is 6.39. The average molecular weight is 126 g/mol. The molecule has 2 heteroatoms. The molecule has 0 aromatic heterocycles. The van der Waals surface area contributed by atoms with Crippen molar-refractivity contribution in [3.8, 4) is 6.19 Å². The van der Waals surface area contributed by atoms with E-state index in [1.165, 1.54) is 0 Å². The van der Waals surface area contributed by atoms with Gasteiger partial charge in [-0.1, -0.05) is 13.8 Å². The molecule has 0 spiro atoms. The quantitative estimate of drug-likeness (QED) is 0.424. The molecule has 0 aliphatic carbocycles. The number of nitriles is 1. The van der Waals surface area contributed by atoms with Gasteiger partial charge in [0.2, 0.25) is 0 Å². The van der Waals surface area contributed by atoms with E-state index in [0.29, 0.717) is 6.04 Å². The maximum absolute atomic E-state index is 8.44. The molecular formula is C7H14N2. The van der Waals surface area contributed by atoms with Gasteiger partial charge in [0.1, 0.15) is 0 Å². The van der Waals surface area contributed by atoms with Crippen LogP contribution < -0.4 is 0 Å². The minimum absolute atomic E-state index is 0.440. The fourth-order valence-corrected chi connectivity index (χ4v) is 0.918. The molecule has 0 atom stereocenters. The molecule has 52 valence electrons. The summed E-state index contributed by atoms with van der Waals surface area (Å²) in [4.78, 5) is 1.71. The number of hydrogen-bond donors (Lipinski definition) is 0. The van der Waals surface area contributed by atoms with Gasteiger partial charge in [-0.2, -0.15) is 5.26 Å². The van der Waals surface area contributed by atoms with Crippen LogP contribution in [0.1, 0.15) is 26.7 Å². The lowest BCUT2D eigenvalue weighted by molar-refractivity contribution is 0.325. The van der Waals surface area contributed by atoms with Crippen molar-refractivity contribution in [2.45, 2.75) is 32.7 Å². The highest BCUT2D eigenvalue weighted by Crippen LogP contribution is 2.03. The van der Waals surface area contributed by atoms with Crippen LogP contribution in [0.4, 0.5) is 0 Å². The SMILES string of the molecule is CCC(CC)N(C)C#N. The molecule has 0 rings (SSSR count). The van der Waals surface area contributed by atoms with E-state index in [9.17, 15) is 0 Å². The third kappa shape index (κ3) is 2.36. The predicted molar refractivity (Wildman–Crippen MR) is 37.7 cm³/mol. The Kier molecular flexibility index (Phi) is 3.87. The van der Waals surface area contributed by atoms with Gasteiger partial charge in [-0.15, -0.1) is 0 Å². The van der Waals surface area contributed by atoms with Gasteiger partial charge in [0, 0.05) is 13.1 Å². The van der Waals surface area contributed by atoms with Crippen LogP contribution in [0, 0.1) is 11.5 Å². The standard InChI is InChI=1S/C7H14N2/c1-4-7(5-2)9(3)6-8/h7H,4-5H2,1-3H3. The molecule has 2 nitrogen and oxygen atoms in total. The van der Waals surface area contributed by atoms with E-state index in [1.807, 2.05) is 7.05 Å². The number of rotatable bonds is 3. The first-order valence-electron chi connectivity index (χ1n) is 3.38. The Morgan fingerprint density at radius 2 is 1.89 bits per heavy atom. The second-order valence-corrected chi connectivity index (χ2v) is 2.18. The van der Waals surface area contributed by atoms with E-state index in [4.69, 9.17) is 5.26 Å². The van der Waals surface area contributed by atoms with Crippen LogP contribution in [0.15, 0.2) is 0 Å². The summed E-state index contributed by atoms with van der Waals surface area (Å²) < 4.78 is 0. The Morgan fingerprint density at radius 3 is 2.00 bits per heavy atom. The summed E-state index contributed by atoms with van der Waals surface area (Å²) >= 11 is 0. The number of nitrogens with zero attached hydrogens (tertiary/aromatic N) is 2. The highest BCUT2D eigenvalue weighted by Gasteiger charge is 2.06. The van der Waals surface area contributed by atoms with Crippen molar-refractivity contribution >= 4 is 0 Å². The minimum Gasteiger partial charge on any atom is -0.311 e. The Hall–Kier alpha value is -0.710. The summed E-state index contributed by atoms with van der Waals surface area (Å²) in [5.41, 5.74) is 0. The van der Waals surface area contributed by atoms with E-state index < -0.39 is 0 Å². The summed E-state index contributed by atoms with van der Waals surface area (Å²) in [6.45, 7) is 4.20. The molecule has 0 aromatic rings. The van der Waals surface area contributed by atoms with Crippen LogP contribution in [-0.2, 0) is 0 Å². The van der Waals surface area contributed by atoms with Gasteiger partial charge in [-0.25, -0.2) is 0 Å². The van der Waals surface area contributed by atoms with Gasteiger partial charge in [0.05, 0.1) is 0 Å². The van der Waals surface area contributed by atoms with E-state index >= 15 is 0 Å². The molecule has 0 fully saturated rings. The smallest absolute Gasteiger partial charge is 0.179 e. The lowest BCUT2D eigenvalue weighted by Gasteiger charge is -2.19. The van der Waals surface area contributed by atoms with Crippen molar-refractivity contribution in [3.05, 3.63) is 0 Å². The third-order valence-electron chi connectivity index (χ3n) is 1.65. The van der Waals surface area contributed by atoms with Crippen LogP contribution in [0.3, 0.4) is 0 Å². The summed E-state index contributed by atoms with van der Waals surface area (Å²) in [6, 6.07) is 0.440. The van der Waals surface area contributed by atoms with Crippen LogP contribution in [0.5, 0.6) is 0 Å². The summed E-state index contributed by atoms with van der Waals surface area (Å²) in [5, 5.41) is 8.44. The van der Waals surface area contributed by atoms with Gasteiger partial charge in [-0.05, 0) is 12.8 Å². The van der Waals surface area contributed by atoms with Gasteiger partial charge >= 0.3 is 0 Å². The Labute approximate surface area is 57.1 Å². The summed E-state index contributed by atoms with van der Waals surface area (Å²) in [6.07, 6.45) is 4.21. The predicted octanol–water partition coefficient (Wildman–Crippen LogP) is 1.59. The molecule has 0 bridgehead atoms. The molecular weight excluding hydrogens is 112 g/mol. The van der Waals surface area contributed by atoms with Crippen molar-refractivity contribution in [1.82, 2.24) is 4.90 Å². The van der Waals surface area contributed by atoms with Crippen LogP contribution in [0.25, 0.3) is 0 Å². The Bertz CT molecular complexity index is 100.0. The molecule has 0 radical (unpaired) electrons. The zero-order chi connectivity index (χ0) is 7.28. The maximum atomic E-state index is 8.44. The van der Waals surface area contributed by atoms with Gasteiger partial charge < -0.3 is 4.90 Å². The van der Waals surface area contributed by atoms with E-state index in [1.54, 1.807) is 4.90 Å². The molecule has 0 aromatic carbocycles. The first-order chi connectivity index (χ1) is 4.26. The fourth-order valence-electron chi connectivity index (χ4n) is 0.918. The molecule has 0 heterocycles.